The van der Waals surface area contributed by atoms with Crippen LogP contribution in [0.15, 0.2) is 18.2 Å². The molecule has 19 heavy (non-hydrogen) atoms. The van der Waals surface area contributed by atoms with Gasteiger partial charge < -0.3 is 10.8 Å². The lowest BCUT2D eigenvalue weighted by molar-refractivity contribution is 0.0697. The van der Waals surface area contributed by atoms with Crippen LogP contribution >= 0.6 is 0 Å². The summed E-state index contributed by atoms with van der Waals surface area (Å²) in [6, 6.07) is 4.79. The quantitative estimate of drug-likeness (QED) is 0.691. The standard InChI is InChI=1S/C13H12N4O2/c1-6-10-11(17(2)16-6)8-5-7(13(18)19)3-4-9(8)15-12(10)14/h3-5H,1-2H3,(H2,14,15)(H,18,19). The molecule has 3 N–H and O–H groups in total. The van der Waals surface area contributed by atoms with Gasteiger partial charge in [0.1, 0.15) is 5.82 Å². The Hall–Kier alpha value is -2.63. The molecular weight excluding hydrogens is 244 g/mol. The third-order valence-electron chi connectivity index (χ3n) is 3.22. The topological polar surface area (TPSA) is 94.0 Å². The molecule has 0 aliphatic rings. The van der Waals surface area contributed by atoms with E-state index in [-0.39, 0.29) is 5.56 Å². The number of carboxylic acids is 1. The van der Waals surface area contributed by atoms with Gasteiger partial charge in [-0.3, -0.25) is 4.68 Å². The predicted molar refractivity (Wildman–Crippen MR) is 72.1 cm³/mol. The number of benzene rings is 1. The van der Waals surface area contributed by atoms with E-state index < -0.39 is 5.97 Å². The van der Waals surface area contributed by atoms with Crippen molar-refractivity contribution in [3.8, 4) is 0 Å². The number of anilines is 1. The van der Waals surface area contributed by atoms with Crippen molar-refractivity contribution in [1.82, 2.24) is 14.8 Å². The highest BCUT2D eigenvalue weighted by Gasteiger charge is 2.15. The minimum absolute atomic E-state index is 0.222. The van der Waals surface area contributed by atoms with Gasteiger partial charge in [0.15, 0.2) is 0 Å². The van der Waals surface area contributed by atoms with Crippen LogP contribution in [0, 0.1) is 6.92 Å². The number of aromatic nitrogens is 3. The highest BCUT2D eigenvalue weighted by atomic mass is 16.4. The molecule has 0 fully saturated rings. The summed E-state index contributed by atoms with van der Waals surface area (Å²) in [5, 5.41) is 14.9. The Bertz CT molecular complexity index is 836. The predicted octanol–water partition coefficient (Wildman–Crippen LogP) is 1.71. The molecule has 0 unspecified atom stereocenters. The minimum Gasteiger partial charge on any atom is -0.478 e. The van der Waals surface area contributed by atoms with Gasteiger partial charge in [0.2, 0.25) is 0 Å². The largest absolute Gasteiger partial charge is 0.478 e. The summed E-state index contributed by atoms with van der Waals surface area (Å²) < 4.78 is 1.71. The fraction of sp³-hybridized carbons (Fsp3) is 0.154. The van der Waals surface area contributed by atoms with E-state index in [4.69, 9.17) is 10.8 Å². The number of carbonyl (C=O) groups is 1. The second-order valence-corrected chi connectivity index (χ2v) is 4.47. The summed E-state index contributed by atoms with van der Waals surface area (Å²) in [7, 11) is 1.81. The molecule has 0 bridgehead atoms. The Morgan fingerprint density at radius 2 is 2.16 bits per heavy atom. The van der Waals surface area contributed by atoms with Crippen LogP contribution in [0.25, 0.3) is 21.8 Å². The van der Waals surface area contributed by atoms with Gasteiger partial charge in [-0.05, 0) is 25.1 Å². The fourth-order valence-corrected chi connectivity index (χ4v) is 2.42. The molecule has 1 aromatic carbocycles. The van der Waals surface area contributed by atoms with Crippen LogP contribution in [0.1, 0.15) is 16.1 Å². The number of carboxylic acid groups (broad SMARTS) is 1. The van der Waals surface area contributed by atoms with E-state index in [2.05, 4.69) is 10.1 Å². The minimum atomic E-state index is -0.967. The molecule has 0 amide bonds. The Kier molecular flexibility index (Phi) is 2.22. The SMILES string of the molecule is Cc1nn(C)c2c1c(N)nc1ccc(C(=O)O)cc12. The molecule has 0 saturated heterocycles. The first-order valence-corrected chi connectivity index (χ1v) is 5.75. The van der Waals surface area contributed by atoms with Crippen molar-refractivity contribution < 1.29 is 9.90 Å². The molecule has 0 aliphatic heterocycles. The first-order valence-electron chi connectivity index (χ1n) is 5.75. The van der Waals surface area contributed by atoms with E-state index >= 15 is 0 Å². The van der Waals surface area contributed by atoms with E-state index in [1.165, 1.54) is 6.07 Å². The molecule has 0 atom stereocenters. The number of fused-ring (bicyclic) bond motifs is 3. The molecule has 2 aromatic heterocycles. The summed E-state index contributed by atoms with van der Waals surface area (Å²) in [6.45, 7) is 1.85. The summed E-state index contributed by atoms with van der Waals surface area (Å²) in [5.74, 6) is -0.554. The smallest absolute Gasteiger partial charge is 0.335 e. The maximum Gasteiger partial charge on any atom is 0.335 e. The van der Waals surface area contributed by atoms with Gasteiger partial charge in [0.25, 0.3) is 0 Å². The molecule has 0 spiro atoms. The van der Waals surface area contributed by atoms with Gasteiger partial charge in [-0.25, -0.2) is 9.78 Å². The van der Waals surface area contributed by atoms with E-state index in [0.29, 0.717) is 11.3 Å². The average Bonchev–Trinajstić information content (AvgIpc) is 2.65. The fourth-order valence-electron chi connectivity index (χ4n) is 2.42. The molecule has 6 heteroatoms. The molecule has 0 saturated carbocycles. The van der Waals surface area contributed by atoms with Gasteiger partial charge in [-0.15, -0.1) is 0 Å². The Morgan fingerprint density at radius 1 is 1.42 bits per heavy atom. The molecule has 0 radical (unpaired) electrons. The Labute approximate surface area is 108 Å². The van der Waals surface area contributed by atoms with Crippen molar-refractivity contribution in [2.45, 2.75) is 6.92 Å². The van der Waals surface area contributed by atoms with Gasteiger partial charge in [0, 0.05) is 12.4 Å². The summed E-state index contributed by atoms with van der Waals surface area (Å²) >= 11 is 0. The molecule has 3 rings (SSSR count). The van der Waals surface area contributed by atoms with Gasteiger partial charge in [0.05, 0.1) is 27.7 Å². The van der Waals surface area contributed by atoms with Crippen LogP contribution in [0.3, 0.4) is 0 Å². The van der Waals surface area contributed by atoms with E-state index in [1.54, 1.807) is 16.8 Å². The summed E-state index contributed by atoms with van der Waals surface area (Å²) in [6.07, 6.45) is 0. The zero-order chi connectivity index (χ0) is 13.7. The molecule has 0 aliphatic carbocycles. The zero-order valence-electron chi connectivity index (χ0n) is 10.5. The number of hydrogen-bond acceptors (Lipinski definition) is 4. The first kappa shape index (κ1) is 11.5. The first-order chi connectivity index (χ1) is 8.99. The highest BCUT2D eigenvalue weighted by Crippen LogP contribution is 2.30. The van der Waals surface area contributed by atoms with Gasteiger partial charge in [-0.1, -0.05) is 0 Å². The third kappa shape index (κ3) is 1.53. The maximum absolute atomic E-state index is 11.1. The molecule has 3 aromatic rings. The maximum atomic E-state index is 11.1. The lowest BCUT2D eigenvalue weighted by Gasteiger charge is -2.05. The highest BCUT2D eigenvalue weighted by molar-refractivity contribution is 6.10. The van der Waals surface area contributed by atoms with Gasteiger partial charge >= 0.3 is 5.97 Å². The van der Waals surface area contributed by atoms with Crippen molar-refractivity contribution >= 4 is 33.6 Å². The lowest BCUT2D eigenvalue weighted by atomic mass is 10.1. The second kappa shape index (κ2) is 3.68. The Morgan fingerprint density at radius 3 is 2.84 bits per heavy atom. The monoisotopic (exact) mass is 256 g/mol. The van der Waals surface area contributed by atoms with Crippen molar-refractivity contribution in [2.24, 2.45) is 7.05 Å². The molecule has 6 nitrogen and oxygen atoms in total. The summed E-state index contributed by atoms with van der Waals surface area (Å²) in [5.41, 5.74) is 8.43. The van der Waals surface area contributed by atoms with E-state index in [9.17, 15) is 4.79 Å². The number of nitrogen functional groups attached to an aromatic ring is 1. The number of aryl methyl sites for hydroxylation is 2. The number of aromatic carboxylic acids is 1. The molecular formula is C13H12N4O2. The van der Waals surface area contributed by atoms with Crippen LogP contribution in [0.4, 0.5) is 5.82 Å². The normalized spacial score (nSPS) is 11.3. The van der Waals surface area contributed by atoms with Crippen LogP contribution in [-0.4, -0.2) is 25.8 Å². The van der Waals surface area contributed by atoms with Crippen molar-refractivity contribution in [3.63, 3.8) is 0 Å². The van der Waals surface area contributed by atoms with Crippen molar-refractivity contribution in [3.05, 3.63) is 29.5 Å². The number of nitrogens with two attached hydrogens (primary N) is 1. The Balaban J connectivity index is 2.55. The van der Waals surface area contributed by atoms with Crippen molar-refractivity contribution in [2.75, 3.05) is 5.73 Å². The second-order valence-electron chi connectivity index (χ2n) is 4.47. The van der Waals surface area contributed by atoms with Crippen LogP contribution in [0.2, 0.25) is 0 Å². The van der Waals surface area contributed by atoms with Gasteiger partial charge in [-0.2, -0.15) is 5.10 Å². The lowest BCUT2D eigenvalue weighted by Crippen LogP contribution is -1.99. The van der Waals surface area contributed by atoms with Crippen molar-refractivity contribution in [1.29, 1.82) is 0 Å². The number of pyridine rings is 1. The number of hydrogen-bond donors (Lipinski definition) is 2. The van der Waals surface area contributed by atoms with E-state index in [0.717, 1.165) is 22.0 Å². The van der Waals surface area contributed by atoms with Crippen LogP contribution < -0.4 is 5.73 Å². The molecule has 2 heterocycles. The molecule has 96 valence electrons. The zero-order valence-corrected chi connectivity index (χ0v) is 10.5. The number of nitrogens with zero attached hydrogens (tertiary/aromatic N) is 3. The van der Waals surface area contributed by atoms with Crippen LogP contribution in [0.5, 0.6) is 0 Å². The summed E-state index contributed by atoms with van der Waals surface area (Å²) in [4.78, 5) is 15.4. The third-order valence-corrected chi connectivity index (χ3v) is 3.22. The average molecular weight is 256 g/mol. The van der Waals surface area contributed by atoms with Crippen LogP contribution in [-0.2, 0) is 7.05 Å². The van der Waals surface area contributed by atoms with E-state index in [1.807, 2.05) is 14.0 Å². The number of rotatable bonds is 1.